The van der Waals surface area contributed by atoms with Crippen molar-refractivity contribution in [2.75, 3.05) is 12.8 Å². The number of hydrogen-bond donors (Lipinski definition) is 1. The van der Waals surface area contributed by atoms with E-state index in [1.54, 1.807) is 0 Å². The molecule has 15 heavy (non-hydrogen) atoms. The predicted octanol–water partition coefficient (Wildman–Crippen LogP) is 1.39. The summed E-state index contributed by atoms with van der Waals surface area (Å²) in [6.07, 6.45) is 5.38. The lowest BCUT2D eigenvalue weighted by molar-refractivity contribution is 0.443. The maximum Gasteiger partial charge on any atom is 0.152 e. The minimum Gasteiger partial charge on any atom is -0.302 e. The Morgan fingerprint density at radius 3 is 2.73 bits per heavy atom. The van der Waals surface area contributed by atoms with Crippen LogP contribution in [0, 0.1) is 0 Å². The lowest BCUT2D eigenvalue weighted by Crippen LogP contribution is -2.55. The monoisotopic (exact) mass is 249 g/mol. The fourth-order valence-electron chi connectivity index (χ4n) is 2.79. The molecule has 0 amide bonds. The highest BCUT2D eigenvalue weighted by molar-refractivity contribution is 8.02. The van der Waals surface area contributed by atoms with Crippen LogP contribution in [0.15, 0.2) is 0 Å². The molecule has 3 nitrogen and oxygen atoms in total. The molecule has 1 N–H and O–H groups in total. The Kier molecular flexibility index (Phi) is 3.07. The van der Waals surface area contributed by atoms with E-state index in [9.17, 15) is 8.42 Å². The Bertz CT molecular complexity index is 341. The van der Waals surface area contributed by atoms with Gasteiger partial charge in [-0.05, 0) is 32.2 Å². The summed E-state index contributed by atoms with van der Waals surface area (Å²) in [6, 6.07) is 0. The third-order valence-electron chi connectivity index (χ3n) is 3.44. The SMILES string of the molecule is CC1CCNC2(CCCC2S(C)(=O)=O)S1. The average molecular weight is 249 g/mol. The summed E-state index contributed by atoms with van der Waals surface area (Å²) in [7, 11) is -2.92. The molecule has 2 rings (SSSR count). The normalized spacial score (nSPS) is 42.3. The predicted molar refractivity (Wildman–Crippen MR) is 64.9 cm³/mol. The van der Waals surface area contributed by atoms with Crippen LogP contribution in [0.4, 0.5) is 0 Å². The summed E-state index contributed by atoms with van der Waals surface area (Å²) in [5.74, 6) is 0. The molecular weight excluding hydrogens is 230 g/mol. The Morgan fingerprint density at radius 2 is 2.13 bits per heavy atom. The van der Waals surface area contributed by atoms with Crippen LogP contribution in [-0.4, -0.2) is 36.6 Å². The van der Waals surface area contributed by atoms with Crippen molar-refractivity contribution < 1.29 is 8.42 Å². The zero-order chi connectivity index (χ0) is 11.1. The molecular formula is C10H19NO2S2. The molecule has 5 heteroatoms. The largest absolute Gasteiger partial charge is 0.302 e. The number of thioether (sulfide) groups is 1. The Morgan fingerprint density at radius 1 is 1.40 bits per heavy atom. The second-order valence-electron chi connectivity index (χ2n) is 4.74. The van der Waals surface area contributed by atoms with Crippen molar-refractivity contribution in [3.63, 3.8) is 0 Å². The molecule has 1 saturated heterocycles. The summed E-state index contributed by atoms with van der Waals surface area (Å²) >= 11 is 1.84. The minimum atomic E-state index is -2.92. The van der Waals surface area contributed by atoms with E-state index >= 15 is 0 Å². The van der Waals surface area contributed by atoms with E-state index in [1.807, 2.05) is 11.8 Å². The highest BCUT2D eigenvalue weighted by Gasteiger charge is 2.50. The highest BCUT2D eigenvalue weighted by Crippen LogP contribution is 2.46. The average Bonchev–Trinajstić information content (AvgIpc) is 2.47. The van der Waals surface area contributed by atoms with Gasteiger partial charge in [0, 0.05) is 11.5 Å². The summed E-state index contributed by atoms with van der Waals surface area (Å²) in [4.78, 5) is -0.175. The van der Waals surface area contributed by atoms with Crippen molar-refractivity contribution >= 4 is 21.6 Å². The van der Waals surface area contributed by atoms with E-state index < -0.39 is 9.84 Å². The maximum atomic E-state index is 11.8. The number of sulfone groups is 1. The smallest absolute Gasteiger partial charge is 0.152 e. The van der Waals surface area contributed by atoms with E-state index in [0.717, 1.165) is 32.2 Å². The van der Waals surface area contributed by atoms with E-state index in [0.29, 0.717) is 5.25 Å². The Balaban J connectivity index is 2.26. The molecule has 0 bridgehead atoms. The molecule has 3 atom stereocenters. The second kappa shape index (κ2) is 3.93. The summed E-state index contributed by atoms with van der Waals surface area (Å²) in [5, 5.41) is 3.86. The first-order valence-corrected chi connectivity index (χ1v) is 8.39. The van der Waals surface area contributed by atoms with Crippen LogP contribution in [0.25, 0.3) is 0 Å². The Hall–Kier alpha value is 0.260. The van der Waals surface area contributed by atoms with E-state index in [-0.39, 0.29) is 10.1 Å². The lowest BCUT2D eigenvalue weighted by Gasteiger charge is -2.41. The van der Waals surface area contributed by atoms with Gasteiger partial charge in [0.15, 0.2) is 9.84 Å². The van der Waals surface area contributed by atoms with Crippen molar-refractivity contribution in [3.05, 3.63) is 0 Å². The van der Waals surface area contributed by atoms with Gasteiger partial charge >= 0.3 is 0 Å². The Labute approximate surface area is 96.3 Å². The van der Waals surface area contributed by atoms with Crippen LogP contribution in [0.3, 0.4) is 0 Å². The van der Waals surface area contributed by atoms with Crippen LogP contribution in [0.1, 0.15) is 32.6 Å². The van der Waals surface area contributed by atoms with Crippen LogP contribution in [0.2, 0.25) is 0 Å². The van der Waals surface area contributed by atoms with E-state index in [2.05, 4.69) is 12.2 Å². The second-order valence-corrected chi connectivity index (χ2v) is 8.74. The fraction of sp³-hybridized carbons (Fsp3) is 1.00. The third kappa shape index (κ3) is 2.19. The van der Waals surface area contributed by atoms with Crippen LogP contribution >= 0.6 is 11.8 Å². The zero-order valence-electron chi connectivity index (χ0n) is 9.32. The van der Waals surface area contributed by atoms with Gasteiger partial charge in [0.1, 0.15) is 0 Å². The number of hydrogen-bond acceptors (Lipinski definition) is 4. The molecule has 0 aromatic heterocycles. The summed E-state index contributed by atoms with van der Waals surface area (Å²) in [5.41, 5.74) is 0. The first-order chi connectivity index (χ1) is 6.94. The first kappa shape index (κ1) is 11.7. The molecule has 1 saturated carbocycles. The van der Waals surface area contributed by atoms with Gasteiger partial charge in [-0.2, -0.15) is 0 Å². The van der Waals surface area contributed by atoms with Crippen molar-refractivity contribution in [1.29, 1.82) is 0 Å². The van der Waals surface area contributed by atoms with Crippen molar-refractivity contribution in [3.8, 4) is 0 Å². The molecule has 1 heterocycles. The molecule has 0 aromatic carbocycles. The fourth-order valence-corrected chi connectivity index (χ4v) is 6.64. The number of rotatable bonds is 1. The molecule has 2 fully saturated rings. The molecule has 0 radical (unpaired) electrons. The highest BCUT2D eigenvalue weighted by atomic mass is 32.2. The van der Waals surface area contributed by atoms with Gasteiger partial charge in [0.2, 0.25) is 0 Å². The van der Waals surface area contributed by atoms with Gasteiger partial charge in [-0.1, -0.05) is 6.92 Å². The first-order valence-electron chi connectivity index (χ1n) is 5.56. The molecule has 1 aliphatic carbocycles. The van der Waals surface area contributed by atoms with Crippen molar-refractivity contribution in [1.82, 2.24) is 5.32 Å². The lowest BCUT2D eigenvalue weighted by atomic mass is 10.2. The third-order valence-corrected chi connectivity index (χ3v) is 6.95. The van der Waals surface area contributed by atoms with Gasteiger partial charge in [-0.25, -0.2) is 8.42 Å². The molecule has 2 aliphatic rings. The van der Waals surface area contributed by atoms with Gasteiger partial charge in [-0.15, -0.1) is 11.8 Å². The maximum absolute atomic E-state index is 11.8. The molecule has 3 unspecified atom stereocenters. The molecule has 88 valence electrons. The molecule has 1 aliphatic heterocycles. The van der Waals surface area contributed by atoms with E-state index in [4.69, 9.17) is 0 Å². The van der Waals surface area contributed by atoms with Gasteiger partial charge in [0.05, 0.1) is 10.1 Å². The van der Waals surface area contributed by atoms with Gasteiger partial charge < -0.3 is 5.32 Å². The van der Waals surface area contributed by atoms with Crippen LogP contribution in [0.5, 0.6) is 0 Å². The minimum absolute atomic E-state index is 0.175. The van der Waals surface area contributed by atoms with Crippen molar-refractivity contribution in [2.45, 2.75) is 48.0 Å². The zero-order valence-corrected chi connectivity index (χ0v) is 11.0. The number of nitrogens with one attached hydrogen (secondary N) is 1. The van der Waals surface area contributed by atoms with Crippen molar-refractivity contribution in [2.24, 2.45) is 0 Å². The topological polar surface area (TPSA) is 46.2 Å². The summed E-state index contributed by atoms with van der Waals surface area (Å²) < 4.78 is 23.5. The van der Waals surface area contributed by atoms with Crippen LogP contribution in [-0.2, 0) is 9.84 Å². The van der Waals surface area contributed by atoms with Gasteiger partial charge in [0.25, 0.3) is 0 Å². The molecule has 1 spiro atoms. The quantitative estimate of drug-likeness (QED) is 0.763. The van der Waals surface area contributed by atoms with Gasteiger partial charge in [-0.3, -0.25) is 0 Å². The standard InChI is InChI=1S/C10H19NO2S2/c1-8-5-7-11-10(14-8)6-3-4-9(10)15(2,12)13/h8-9,11H,3-7H2,1-2H3. The molecule has 0 aromatic rings. The van der Waals surface area contributed by atoms with E-state index in [1.165, 1.54) is 6.26 Å². The summed E-state index contributed by atoms with van der Waals surface area (Å²) in [6.45, 7) is 3.16. The van der Waals surface area contributed by atoms with Crippen LogP contribution < -0.4 is 5.32 Å².